The summed E-state index contributed by atoms with van der Waals surface area (Å²) in [6.45, 7) is 6.55. The number of benzene rings is 2. The van der Waals surface area contributed by atoms with E-state index in [-0.39, 0.29) is 17.5 Å². The molecule has 1 atom stereocenters. The number of hydrogen-bond donors (Lipinski definition) is 1. The van der Waals surface area contributed by atoms with Crippen molar-refractivity contribution in [2.24, 2.45) is 5.92 Å². The number of hydrogen-bond acceptors (Lipinski definition) is 3. The Hall–Kier alpha value is -2.29. The van der Waals surface area contributed by atoms with Crippen LogP contribution >= 0.6 is 0 Å². The van der Waals surface area contributed by atoms with Gasteiger partial charge in [-0.25, -0.2) is 4.79 Å². The Morgan fingerprint density at radius 2 is 1.74 bits per heavy atom. The molecule has 0 aliphatic heterocycles. The highest BCUT2D eigenvalue weighted by Gasteiger charge is 2.21. The van der Waals surface area contributed by atoms with Gasteiger partial charge in [-0.05, 0) is 66.3 Å². The molecule has 3 heteroatoms. The number of aryl methyl sites for hydroxylation is 1. The summed E-state index contributed by atoms with van der Waals surface area (Å²) in [5, 5.41) is 0. The maximum Gasteiger partial charge on any atom is 0.338 e. The first-order valence-electron chi connectivity index (χ1n) is 12.0. The van der Waals surface area contributed by atoms with Gasteiger partial charge in [0.15, 0.2) is 0 Å². The Bertz CT molecular complexity index is 832. The fourth-order valence-corrected chi connectivity index (χ4v) is 4.73. The number of carbonyl (C=O) groups excluding carboxylic acids is 1. The van der Waals surface area contributed by atoms with Crippen LogP contribution < -0.4 is 5.73 Å². The third kappa shape index (κ3) is 7.12. The molecular weight excluding hydrogens is 382 g/mol. The van der Waals surface area contributed by atoms with Crippen LogP contribution in [0.2, 0.25) is 0 Å². The van der Waals surface area contributed by atoms with Gasteiger partial charge in [-0.15, -0.1) is 0 Å². The fourth-order valence-electron chi connectivity index (χ4n) is 4.73. The van der Waals surface area contributed by atoms with Gasteiger partial charge < -0.3 is 10.5 Å². The van der Waals surface area contributed by atoms with Crippen LogP contribution in [0.3, 0.4) is 0 Å². The summed E-state index contributed by atoms with van der Waals surface area (Å²) in [6.07, 6.45) is 10.4. The smallest absolute Gasteiger partial charge is 0.338 e. The number of esters is 1. The molecule has 1 saturated carbocycles. The maximum absolute atomic E-state index is 12.7. The first kappa shape index (κ1) is 23.4. The summed E-state index contributed by atoms with van der Waals surface area (Å²) < 4.78 is 5.99. The van der Waals surface area contributed by atoms with E-state index in [1.165, 1.54) is 43.2 Å². The second-order valence-corrected chi connectivity index (χ2v) is 10.2. The number of ether oxygens (including phenoxy) is 1. The van der Waals surface area contributed by atoms with Crippen molar-refractivity contribution >= 4 is 11.7 Å². The molecule has 31 heavy (non-hydrogen) atoms. The van der Waals surface area contributed by atoms with Crippen molar-refractivity contribution in [1.82, 2.24) is 0 Å². The Morgan fingerprint density at radius 1 is 1.03 bits per heavy atom. The topological polar surface area (TPSA) is 52.3 Å². The zero-order chi connectivity index (χ0) is 22.3. The summed E-state index contributed by atoms with van der Waals surface area (Å²) in [4.78, 5) is 12.7. The molecular formula is C28H39NO2. The van der Waals surface area contributed by atoms with Crippen LogP contribution in [-0.2, 0) is 16.6 Å². The molecule has 0 amide bonds. The van der Waals surface area contributed by atoms with Gasteiger partial charge in [0, 0.05) is 5.69 Å². The minimum absolute atomic E-state index is 0.0381. The highest BCUT2D eigenvalue weighted by atomic mass is 16.5. The van der Waals surface area contributed by atoms with Gasteiger partial charge in [0.1, 0.15) is 6.10 Å². The fraction of sp³-hybridized carbons (Fsp3) is 0.536. The molecule has 0 saturated heterocycles. The van der Waals surface area contributed by atoms with E-state index < -0.39 is 0 Å². The van der Waals surface area contributed by atoms with Crippen LogP contribution in [0.5, 0.6) is 0 Å². The first-order valence-corrected chi connectivity index (χ1v) is 12.0. The lowest BCUT2D eigenvalue weighted by Gasteiger charge is -2.25. The second-order valence-electron chi connectivity index (χ2n) is 10.2. The summed E-state index contributed by atoms with van der Waals surface area (Å²) in [5.74, 6) is 0.574. The number of rotatable bonds is 8. The first-order chi connectivity index (χ1) is 14.8. The predicted octanol–water partition coefficient (Wildman–Crippen LogP) is 7.09. The number of nitrogens with two attached hydrogens (primary N) is 1. The minimum Gasteiger partial charge on any atom is -0.459 e. The molecule has 2 aromatic rings. The van der Waals surface area contributed by atoms with E-state index in [2.05, 4.69) is 39.0 Å². The van der Waals surface area contributed by atoms with E-state index in [1.807, 2.05) is 30.3 Å². The number of nitrogen functional groups attached to an aromatic ring is 1. The molecule has 0 spiro atoms. The molecule has 0 aromatic heterocycles. The van der Waals surface area contributed by atoms with Crippen molar-refractivity contribution in [3.63, 3.8) is 0 Å². The SMILES string of the molecule is CC(C)(C)c1ccc(CCC(CCC2CCCCC2)OC(=O)c2ccccc2)cc1N. The van der Waals surface area contributed by atoms with Gasteiger partial charge in [-0.3, -0.25) is 0 Å². The third-order valence-corrected chi connectivity index (χ3v) is 6.58. The van der Waals surface area contributed by atoms with Gasteiger partial charge in [-0.1, -0.05) is 83.2 Å². The maximum atomic E-state index is 12.7. The quantitative estimate of drug-likeness (QED) is 0.366. The molecule has 0 heterocycles. The third-order valence-electron chi connectivity index (χ3n) is 6.58. The molecule has 2 aromatic carbocycles. The van der Waals surface area contributed by atoms with Gasteiger partial charge in [0.2, 0.25) is 0 Å². The minimum atomic E-state index is -0.211. The molecule has 1 aliphatic rings. The predicted molar refractivity (Wildman–Crippen MR) is 129 cm³/mol. The van der Waals surface area contributed by atoms with Crippen molar-refractivity contribution in [2.45, 2.75) is 90.1 Å². The van der Waals surface area contributed by atoms with E-state index in [4.69, 9.17) is 10.5 Å². The Balaban J connectivity index is 1.63. The molecule has 1 unspecified atom stereocenters. The Labute approximate surface area is 188 Å². The lowest BCUT2D eigenvalue weighted by Crippen LogP contribution is -2.21. The normalized spacial score (nSPS) is 16.1. The molecule has 0 bridgehead atoms. The summed E-state index contributed by atoms with van der Waals surface area (Å²) >= 11 is 0. The average molecular weight is 422 g/mol. The van der Waals surface area contributed by atoms with Gasteiger partial charge in [0.05, 0.1) is 5.56 Å². The highest BCUT2D eigenvalue weighted by molar-refractivity contribution is 5.89. The van der Waals surface area contributed by atoms with Gasteiger partial charge in [-0.2, -0.15) is 0 Å². The van der Waals surface area contributed by atoms with E-state index >= 15 is 0 Å². The highest BCUT2D eigenvalue weighted by Crippen LogP contribution is 2.30. The number of anilines is 1. The van der Waals surface area contributed by atoms with Gasteiger partial charge >= 0.3 is 5.97 Å². The van der Waals surface area contributed by atoms with Crippen molar-refractivity contribution in [1.29, 1.82) is 0 Å². The average Bonchev–Trinajstić information content (AvgIpc) is 2.76. The standard InChI is InChI=1S/C28H39NO2/c1-28(2,3)25-19-16-22(20-26(25)29)15-18-24(17-14-21-10-6-4-7-11-21)31-27(30)23-12-8-5-9-13-23/h5,8-9,12-13,16,19-21,24H,4,6-7,10-11,14-15,17-18,29H2,1-3H3. The second kappa shape index (κ2) is 10.8. The zero-order valence-electron chi connectivity index (χ0n) is 19.5. The van der Waals surface area contributed by atoms with Crippen LogP contribution in [0, 0.1) is 5.92 Å². The molecule has 3 rings (SSSR count). The lowest BCUT2D eigenvalue weighted by molar-refractivity contribution is 0.0242. The summed E-state index contributed by atoms with van der Waals surface area (Å²) in [7, 11) is 0. The number of carbonyl (C=O) groups is 1. The van der Waals surface area contributed by atoms with Crippen LogP contribution in [0.15, 0.2) is 48.5 Å². The van der Waals surface area contributed by atoms with Crippen LogP contribution in [-0.4, -0.2) is 12.1 Å². The van der Waals surface area contributed by atoms with E-state index in [0.29, 0.717) is 5.56 Å². The largest absolute Gasteiger partial charge is 0.459 e. The summed E-state index contributed by atoms with van der Waals surface area (Å²) in [6, 6.07) is 15.8. The molecule has 1 aliphatic carbocycles. The molecule has 3 nitrogen and oxygen atoms in total. The summed E-state index contributed by atoms with van der Waals surface area (Å²) in [5.41, 5.74) is 10.3. The molecule has 168 valence electrons. The molecule has 0 radical (unpaired) electrons. The van der Waals surface area contributed by atoms with Crippen LogP contribution in [0.25, 0.3) is 0 Å². The van der Waals surface area contributed by atoms with Crippen molar-refractivity contribution in [2.75, 3.05) is 5.73 Å². The van der Waals surface area contributed by atoms with E-state index in [1.54, 1.807) is 0 Å². The van der Waals surface area contributed by atoms with E-state index in [0.717, 1.165) is 37.3 Å². The van der Waals surface area contributed by atoms with Crippen LogP contribution in [0.4, 0.5) is 5.69 Å². The van der Waals surface area contributed by atoms with Crippen molar-refractivity contribution < 1.29 is 9.53 Å². The molecule has 2 N–H and O–H groups in total. The van der Waals surface area contributed by atoms with Crippen LogP contribution in [0.1, 0.15) is 93.6 Å². The van der Waals surface area contributed by atoms with Crippen molar-refractivity contribution in [3.05, 3.63) is 65.2 Å². The monoisotopic (exact) mass is 421 g/mol. The zero-order valence-corrected chi connectivity index (χ0v) is 19.5. The Morgan fingerprint density at radius 3 is 2.39 bits per heavy atom. The lowest BCUT2D eigenvalue weighted by atomic mass is 9.84. The van der Waals surface area contributed by atoms with E-state index in [9.17, 15) is 4.79 Å². The van der Waals surface area contributed by atoms with Gasteiger partial charge in [0.25, 0.3) is 0 Å². The molecule has 1 fully saturated rings. The Kier molecular flexibility index (Phi) is 8.17. The van der Waals surface area contributed by atoms with Crippen molar-refractivity contribution in [3.8, 4) is 0 Å².